The van der Waals surface area contributed by atoms with Gasteiger partial charge in [0.1, 0.15) is 0 Å². The second-order valence-corrected chi connectivity index (χ2v) is 3.71. The van der Waals surface area contributed by atoms with E-state index in [0.717, 1.165) is 5.56 Å². The molecule has 0 aromatic heterocycles. The summed E-state index contributed by atoms with van der Waals surface area (Å²) in [5.74, 6) is 0. The zero-order valence-electron chi connectivity index (χ0n) is 8.21. The minimum Gasteiger partial charge on any atom is -0.362 e. The second-order valence-electron chi connectivity index (χ2n) is 3.33. The lowest BCUT2D eigenvalue weighted by molar-refractivity contribution is 0.00457. The van der Waals surface area contributed by atoms with E-state index in [0.29, 0.717) is 5.11 Å². The molecule has 0 saturated carbocycles. The molecule has 1 aromatic carbocycles. The molecule has 1 aromatic rings. The SMILES string of the molecule is CN1C(=S)NN=CC1(O)c1ccccc1. The van der Waals surface area contributed by atoms with E-state index in [4.69, 9.17) is 12.2 Å². The number of aliphatic hydroxyl groups is 1. The molecule has 0 radical (unpaired) electrons. The summed E-state index contributed by atoms with van der Waals surface area (Å²) in [6.45, 7) is 0. The number of hydrazone groups is 1. The van der Waals surface area contributed by atoms with Crippen LogP contribution in [0.1, 0.15) is 5.56 Å². The first-order valence-electron chi connectivity index (χ1n) is 4.50. The molecular formula is C10H11N3OS. The van der Waals surface area contributed by atoms with Crippen LogP contribution in [0.3, 0.4) is 0 Å². The van der Waals surface area contributed by atoms with Gasteiger partial charge in [-0.3, -0.25) is 5.43 Å². The molecule has 2 N–H and O–H groups in total. The van der Waals surface area contributed by atoms with Crippen molar-refractivity contribution in [3.63, 3.8) is 0 Å². The van der Waals surface area contributed by atoms with Crippen LogP contribution < -0.4 is 5.43 Å². The van der Waals surface area contributed by atoms with Crippen LogP contribution in [0.5, 0.6) is 0 Å². The Kier molecular flexibility index (Phi) is 2.42. The largest absolute Gasteiger partial charge is 0.362 e. The molecule has 0 fully saturated rings. The summed E-state index contributed by atoms with van der Waals surface area (Å²) in [5, 5.41) is 14.7. The predicted octanol–water partition coefficient (Wildman–Crippen LogP) is 0.637. The topological polar surface area (TPSA) is 47.9 Å². The van der Waals surface area contributed by atoms with E-state index >= 15 is 0 Å². The van der Waals surface area contributed by atoms with E-state index < -0.39 is 5.72 Å². The highest BCUT2D eigenvalue weighted by Gasteiger charge is 2.36. The van der Waals surface area contributed by atoms with Crippen molar-refractivity contribution in [3.05, 3.63) is 35.9 Å². The van der Waals surface area contributed by atoms with Gasteiger partial charge < -0.3 is 10.0 Å². The van der Waals surface area contributed by atoms with Crippen LogP contribution in [-0.2, 0) is 5.72 Å². The Hall–Kier alpha value is -1.46. The van der Waals surface area contributed by atoms with E-state index in [1.807, 2.05) is 30.3 Å². The number of hydrogen-bond donors (Lipinski definition) is 2. The number of rotatable bonds is 1. The Morgan fingerprint density at radius 1 is 1.40 bits per heavy atom. The van der Waals surface area contributed by atoms with Crippen LogP contribution in [0.15, 0.2) is 35.4 Å². The van der Waals surface area contributed by atoms with Crippen molar-refractivity contribution in [3.8, 4) is 0 Å². The van der Waals surface area contributed by atoms with Gasteiger partial charge in [-0.15, -0.1) is 0 Å². The summed E-state index contributed by atoms with van der Waals surface area (Å²) in [6.07, 6.45) is 1.43. The lowest BCUT2D eigenvalue weighted by Gasteiger charge is -2.38. The van der Waals surface area contributed by atoms with E-state index in [9.17, 15) is 5.11 Å². The van der Waals surface area contributed by atoms with E-state index in [1.165, 1.54) is 6.21 Å². The van der Waals surface area contributed by atoms with Gasteiger partial charge in [0.05, 0.1) is 6.21 Å². The third kappa shape index (κ3) is 1.60. The molecule has 1 heterocycles. The van der Waals surface area contributed by atoms with Crippen molar-refractivity contribution in [2.24, 2.45) is 5.10 Å². The maximum absolute atomic E-state index is 10.4. The number of hydrogen-bond acceptors (Lipinski definition) is 3. The van der Waals surface area contributed by atoms with Gasteiger partial charge >= 0.3 is 0 Å². The molecule has 1 atom stereocenters. The highest BCUT2D eigenvalue weighted by molar-refractivity contribution is 7.80. The molecule has 1 unspecified atom stereocenters. The fourth-order valence-electron chi connectivity index (χ4n) is 1.45. The first-order chi connectivity index (χ1) is 7.14. The fraction of sp³-hybridized carbons (Fsp3) is 0.200. The Balaban J connectivity index is 2.46. The Morgan fingerprint density at radius 3 is 2.73 bits per heavy atom. The van der Waals surface area contributed by atoms with Crippen molar-refractivity contribution >= 4 is 23.5 Å². The number of thiocarbonyl (C=S) groups is 1. The summed E-state index contributed by atoms with van der Waals surface area (Å²) >= 11 is 5.02. The van der Waals surface area contributed by atoms with Crippen LogP contribution in [0.2, 0.25) is 0 Å². The Bertz CT molecular complexity index is 406. The zero-order valence-corrected chi connectivity index (χ0v) is 9.03. The number of nitrogens with one attached hydrogen (secondary N) is 1. The fourth-order valence-corrected chi connectivity index (χ4v) is 1.64. The minimum atomic E-state index is -1.26. The highest BCUT2D eigenvalue weighted by atomic mass is 32.1. The van der Waals surface area contributed by atoms with Crippen LogP contribution in [0, 0.1) is 0 Å². The molecular weight excluding hydrogens is 210 g/mol. The molecule has 4 nitrogen and oxygen atoms in total. The monoisotopic (exact) mass is 221 g/mol. The number of nitrogens with zero attached hydrogens (tertiary/aromatic N) is 2. The summed E-state index contributed by atoms with van der Waals surface area (Å²) in [6, 6.07) is 9.27. The Morgan fingerprint density at radius 2 is 2.07 bits per heavy atom. The lowest BCUT2D eigenvalue weighted by Crippen LogP contribution is -2.54. The Labute approximate surface area is 93.2 Å². The van der Waals surface area contributed by atoms with Gasteiger partial charge in [0.2, 0.25) is 5.72 Å². The van der Waals surface area contributed by atoms with Crippen molar-refractivity contribution in [1.29, 1.82) is 0 Å². The molecule has 15 heavy (non-hydrogen) atoms. The zero-order chi connectivity index (χ0) is 10.9. The molecule has 1 aliphatic rings. The average Bonchev–Trinajstić information content (AvgIpc) is 2.27. The van der Waals surface area contributed by atoms with Crippen LogP contribution >= 0.6 is 12.2 Å². The molecule has 0 aliphatic carbocycles. The normalized spacial score (nSPS) is 25.2. The molecule has 0 saturated heterocycles. The molecule has 0 spiro atoms. The second kappa shape index (κ2) is 3.60. The van der Waals surface area contributed by atoms with Gasteiger partial charge in [-0.25, -0.2) is 0 Å². The van der Waals surface area contributed by atoms with Crippen LogP contribution in [0.25, 0.3) is 0 Å². The van der Waals surface area contributed by atoms with E-state index in [2.05, 4.69) is 10.5 Å². The summed E-state index contributed by atoms with van der Waals surface area (Å²) < 4.78 is 0. The maximum atomic E-state index is 10.4. The summed E-state index contributed by atoms with van der Waals surface area (Å²) in [7, 11) is 1.72. The minimum absolute atomic E-state index is 0.392. The smallest absolute Gasteiger partial charge is 0.205 e. The average molecular weight is 221 g/mol. The third-order valence-electron chi connectivity index (χ3n) is 2.42. The van der Waals surface area contributed by atoms with Gasteiger partial charge in [-0.1, -0.05) is 30.3 Å². The van der Waals surface area contributed by atoms with Crippen LogP contribution in [-0.4, -0.2) is 28.4 Å². The first-order valence-corrected chi connectivity index (χ1v) is 4.91. The molecule has 5 heteroatoms. The van der Waals surface area contributed by atoms with E-state index in [-0.39, 0.29) is 0 Å². The summed E-state index contributed by atoms with van der Waals surface area (Å²) in [4.78, 5) is 1.56. The van der Waals surface area contributed by atoms with E-state index in [1.54, 1.807) is 11.9 Å². The molecule has 0 bridgehead atoms. The standard InChI is InChI=1S/C10H11N3OS/c1-13-9(15)12-11-7-10(13,14)8-5-3-2-4-6-8/h2-7,14H,1H3,(H,12,15). The summed E-state index contributed by atoms with van der Waals surface area (Å²) in [5.41, 5.74) is 2.10. The molecule has 0 amide bonds. The third-order valence-corrected chi connectivity index (χ3v) is 2.78. The van der Waals surface area contributed by atoms with Crippen molar-refractivity contribution < 1.29 is 5.11 Å². The molecule has 1 aliphatic heterocycles. The van der Waals surface area contributed by atoms with Crippen molar-refractivity contribution in [2.45, 2.75) is 5.72 Å². The van der Waals surface area contributed by atoms with Gasteiger partial charge in [0.25, 0.3) is 0 Å². The van der Waals surface area contributed by atoms with Gasteiger partial charge in [0.15, 0.2) is 5.11 Å². The van der Waals surface area contributed by atoms with Gasteiger partial charge in [-0.2, -0.15) is 5.10 Å². The predicted molar refractivity (Wildman–Crippen MR) is 62.3 cm³/mol. The van der Waals surface area contributed by atoms with Crippen molar-refractivity contribution in [1.82, 2.24) is 10.3 Å². The van der Waals surface area contributed by atoms with Crippen LogP contribution in [0.4, 0.5) is 0 Å². The quantitative estimate of drug-likeness (QED) is 0.683. The highest BCUT2D eigenvalue weighted by Crippen LogP contribution is 2.24. The van der Waals surface area contributed by atoms with Crippen molar-refractivity contribution in [2.75, 3.05) is 7.05 Å². The maximum Gasteiger partial charge on any atom is 0.205 e. The van der Waals surface area contributed by atoms with Gasteiger partial charge in [-0.05, 0) is 12.2 Å². The lowest BCUT2D eigenvalue weighted by atomic mass is 10.0. The van der Waals surface area contributed by atoms with Gasteiger partial charge in [0, 0.05) is 12.6 Å². The molecule has 2 rings (SSSR count). The number of benzene rings is 1. The first kappa shape index (κ1) is 10.1. The molecule has 78 valence electrons.